The molecular weight excluding hydrogens is 594 g/mol. The van der Waals surface area contributed by atoms with E-state index >= 15 is 0 Å². The second-order valence-corrected chi connectivity index (χ2v) is 15.0. The molecule has 0 bridgehead atoms. The number of hydrogen-bond donors (Lipinski definition) is 4. The molecule has 48 heavy (non-hydrogen) atoms. The molecule has 0 aliphatic carbocycles. The topological polar surface area (TPSA) is 89.8 Å². The van der Waals surface area contributed by atoms with Gasteiger partial charge in [-0.3, -0.25) is 4.79 Å². The third kappa shape index (κ3) is 34.9. The van der Waals surface area contributed by atoms with Crippen LogP contribution in [0.25, 0.3) is 0 Å². The van der Waals surface area contributed by atoms with Crippen molar-refractivity contribution in [3.63, 3.8) is 0 Å². The standard InChI is InChI=1S/C43H85NO4/c1-3-5-7-9-11-13-15-16-17-18-19-20-21-22-23-24-25-27-29-31-33-35-43(48)44-38-40(39-45)42(47)37-36-41(46)34-32-30-28-26-14-12-10-8-6-4-2/h36-37,40-42,45-47H,3-35,38-39H2,1-2H3,(H,44,48)/b37-36+. The summed E-state index contributed by atoms with van der Waals surface area (Å²) >= 11 is 0. The molecule has 0 spiro atoms. The van der Waals surface area contributed by atoms with Crippen molar-refractivity contribution < 1.29 is 20.1 Å². The average molecular weight is 680 g/mol. The summed E-state index contributed by atoms with van der Waals surface area (Å²) < 4.78 is 0. The van der Waals surface area contributed by atoms with Crippen LogP contribution in [0.3, 0.4) is 0 Å². The van der Waals surface area contributed by atoms with E-state index in [1.54, 1.807) is 12.2 Å². The Balaban J connectivity index is 3.59. The molecule has 5 heteroatoms. The predicted molar refractivity (Wildman–Crippen MR) is 208 cm³/mol. The lowest BCUT2D eigenvalue weighted by molar-refractivity contribution is -0.121. The van der Waals surface area contributed by atoms with Crippen LogP contribution in [0.1, 0.15) is 226 Å². The van der Waals surface area contributed by atoms with Gasteiger partial charge in [-0.2, -0.15) is 0 Å². The molecule has 0 aromatic heterocycles. The van der Waals surface area contributed by atoms with Crippen LogP contribution in [0.5, 0.6) is 0 Å². The van der Waals surface area contributed by atoms with Crippen molar-refractivity contribution in [3.8, 4) is 0 Å². The predicted octanol–water partition coefficient (Wildman–Crippen LogP) is 11.9. The van der Waals surface area contributed by atoms with Gasteiger partial charge in [-0.05, 0) is 12.8 Å². The second kappa shape index (κ2) is 38.9. The summed E-state index contributed by atoms with van der Waals surface area (Å²) in [4.78, 5) is 12.3. The normalized spacial score (nSPS) is 13.7. The molecule has 0 aliphatic heterocycles. The van der Waals surface area contributed by atoms with Gasteiger partial charge in [0, 0.05) is 18.9 Å². The fourth-order valence-corrected chi connectivity index (χ4v) is 6.68. The molecule has 1 amide bonds. The van der Waals surface area contributed by atoms with Gasteiger partial charge in [-0.25, -0.2) is 0 Å². The summed E-state index contributed by atoms with van der Waals surface area (Å²) in [7, 11) is 0. The SMILES string of the molecule is CCCCCCCCCCCCCCCCCCCCCCCC(=O)NCC(CO)C(O)/C=C/C(O)CCCCCCCCCCCC. The molecule has 0 aromatic carbocycles. The number of rotatable bonds is 39. The fraction of sp³-hybridized carbons (Fsp3) is 0.930. The minimum atomic E-state index is -0.887. The van der Waals surface area contributed by atoms with Crippen molar-refractivity contribution in [1.29, 1.82) is 0 Å². The number of carbonyl (C=O) groups is 1. The summed E-state index contributed by atoms with van der Waals surface area (Å²) in [5.41, 5.74) is 0. The van der Waals surface area contributed by atoms with Crippen molar-refractivity contribution in [1.82, 2.24) is 5.32 Å². The van der Waals surface area contributed by atoms with Crippen molar-refractivity contribution in [2.24, 2.45) is 5.92 Å². The zero-order valence-electron chi connectivity index (χ0n) is 32.4. The minimum absolute atomic E-state index is 0.0107. The lowest BCUT2D eigenvalue weighted by atomic mass is 10.0. The third-order valence-electron chi connectivity index (χ3n) is 10.2. The van der Waals surface area contributed by atoms with Crippen LogP contribution >= 0.6 is 0 Å². The van der Waals surface area contributed by atoms with E-state index < -0.39 is 18.1 Å². The summed E-state index contributed by atoms with van der Waals surface area (Å²) in [6.45, 7) is 4.57. The van der Waals surface area contributed by atoms with Crippen molar-refractivity contribution in [2.75, 3.05) is 13.2 Å². The smallest absolute Gasteiger partial charge is 0.220 e. The Morgan fingerprint density at radius 2 is 0.833 bits per heavy atom. The molecule has 5 nitrogen and oxygen atoms in total. The average Bonchev–Trinajstić information content (AvgIpc) is 3.09. The van der Waals surface area contributed by atoms with Gasteiger partial charge in [-0.15, -0.1) is 0 Å². The monoisotopic (exact) mass is 680 g/mol. The first-order chi connectivity index (χ1) is 23.5. The summed E-state index contributed by atoms with van der Waals surface area (Å²) in [6.07, 6.45) is 43.9. The Morgan fingerprint density at radius 1 is 0.500 bits per heavy atom. The molecule has 0 heterocycles. The molecule has 0 saturated heterocycles. The van der Waals surface area contributed by atoms with Crippen LogP contribution in [-0.2, 0) is 4.79 Å². The highest BCUT2D eigenvalue weighted by Crippen LogP contribution is 2.16. The van der Waals surface area contributed by atoms with Crippen LogP contribution < -0.4 is 5.32 Å². The lowest BCUT2D eigenvalue weighted by Gasteiger charge is -2.19. The van der Waals surface area contributed by atoms with Crippen molar-refractivity contribution >= 4 is 5.91 Å². The first-order valence-corrected chi connectivity index (χ1v) is 21.5. The first kappa shape index (κ1) is 47.1. The number of aliphatic hydroxyl groups excluding tert-OH is 3. The molecule has 3 atom stereocenters. The summed E-state index contributed by atoms with van der Waals surface area (Å²) in [5, 5.41) is 33.3. The quantitative estimate of drug-likeness (QED) is 0.0384. The first-order valence-electron chi connectivity index (χ1n) is 21.5. The number of amides is 1. The Hall–Kier alpha value is -0.910. The Morgan fingerprint density at radius 3 is 1.19 bits per heavy atom. The molecule has 0 rings (SSSR count). The van der Waals surface area contributed by atoms with E-state index in [0.29, 0.717) is 12.8 Å². The van der Waals surface area contributed by atoms with Gasteiger partial charge in [0.05, 0.1) is 18.8 Å². The lowest BCUT2D eigenvalue weighted by Crippen LogP contribution is -2.36. The van der Waals surface area contributed by atoms with Gasteiger partial charge in [0.2, 0.25) is 5.91 Å². The van der Waals surface area contributed by atoms with Crippen LogP contribution in [0, 0.1) is 5.92 Å². The van der Waals surface area contributed by atoms with Crippen LogP contribution in [0.2, 0.25) is 0 Å². The van der Waals surface area contributed by atoms with Crippen molar-refractivity contribution in [2.45, 2.75) is 238 Å². The third-order valence-corrected chi connectivity index (χ3v) is 10.2. The summed E-state index contributed by atoms with van der Waals surface area (Å²) in [6, 6.07) is 0. The molecule has 0 aliphatic rings. The highest BCUT2D eigenvalue weighted by Gasteiger charge is 2.17. The Labute approximate surface area is 299 Å². The van der Waals surface area contributed by atoms with E-state index in [-0.39, 0.29) is 19.1 Å². The Bertz CT molecular complexity index is 669. The van der Waals surface area contributed by atoms with E-state index in [1.165, 1.54) is 173 Å². The second-order valence-electron chi connectivity index (χ2n) is 15.0. The van der Waals surface area contributed by atoms with Gasteiger partial charge in [0.25, 0.3) is 0 Å². The highest BCUT2D eigenvalue weighted by atomic mass is 16.3. The Kier molecular flexibility index (Phi) is 38.1. The maximum absolute atomic E-state index is 12.3. The van der Waals surface area contributed by atoms with Gasteiger partial charge in [0.15, 0.2) is 0 Å². The molecule has 0 fully saturated rings. The highest BCUT2D eigenvalue weighted by molar-refractivity contribution is 5.75. The van der Waals surface area contributed by atoms with Gasteiger partial charge in [0.1, 0.15) is 0 Å². The van der Waals surface area contributed by atoms with E-state index in [4.69, 9.17) is 0 Å². The zero-order chi connectivity index (χ0) is 35.2. The van der Waals surface area contributed by atoms with Crippen LogP contribution in [-0.4, -0.2) is 46.6 Å². The maximum Gasteiger partial charge on any atom is 0.220 e. The maximum atomic E-state index is 12.3. The molecule has 0 radical (unpaired) electrons. The number of unbranched alkanes of at least 4 members (excludes halogenated alkanes) is 29. The zero-order valence-corrected chi connectivity index (χ0v) is 32.4. The van der Waals surface area contributed by atoms with Gasteiger partial charge < -0.3 is 20.6 Å². The summed E-state index contributed by atoms with van der Waals surface area (Å²) in [5.74, 6) is -0.474. The van der Waals surface area contributed by atoms with Crippen LogP contribution in [0.4, 0.5) is 0 Å². The van der Waals surface area contributed by atoms with E-state index in [2.05, 4.69) is 19.2 Å². The van der Waals surface area contributed by atoms with Crippen molar-refractivity contribution in [3.05, 3.63) is 12.2 Å². The molecule has 0 aromatic rings. The number of carbonyl (C=O) groups excluding carboxylic acids is 1. The largest absolute Gasteiger partial charge is 0.396 e. The fourth-order valence-electron chi connectivity index (χ4n) is 6.68. The number of nitrogens with one attached hydrogen (secondary N) is 1. The number of aliphatic hydroxyl groups is 3. The van der Waals surface area contributed by atoms with Gasteiger partial charge in [-0.1, -0.05) is 219 Å². The van der Waals surface area contributed by atoms with Crippen LogP contribution in [0.15, 0.2) is 12.2 Å². The molecule has 3 unspecified atom stereocenters. The van der Waals surface area contributed by atoms with E-state index in [9.17, 15) is 20.1 Å². The molecule has 286 valence electrons. The number of hydrogen-bond acceptors (Lipinski definition) is 4. The minimum Gasteiger partial charge on any atom is -0.396 e. The van der Waals surface area contributed by atoms with E-state index in [1.807, 2.05) is 0 Å². The van der Waals surface area contributed by atoms with E-state index in [0.717, 1.165) is 25.7 Å². The van der Waals surface area contributed by atoms with Gasteiger partial charge >= 0.3 is 0 Å². The molecule has 4 N–H and O–H groups in total. The molecule has 0 saturated carbocycles. The molecular formula is C43H85NO4.